The molecule has 0 spiro atoms. The second-order valence-corrected chi connectivity index (χ2v) is 6.58. The van der Waals surface area contributed by atoms with Crippen LogP contribution in [0, 0.1) is 11.7 Å². The van der Waals surface area contributed by atoms with Crippen LogP contribution in [0.5, 0.6) is 0 Å². The minimum absolute atomic E-state index is 0.00681. The van der Waals surface area contributed by atoms with Gasteiger partial charge in [0.2, 0.25) is 0 Å². The van der Waals surface area contributed by atoms with E-state index in [1.807, 2.05) is 48.5 Å². The first-order chi connectivity index (χ1) is 10.8. The zero-order chi connectivity index (χ0) is 15.4. The van der Waals surface area contributed by atoms with Gasteiger partial charge in [-0.15, -0.1) is 0 Å². The van der Waals surface area contributed by atoms with Gasteiger partial charge in [0.15, 0.2) is 0 Å². The molecule has 1 saturated carbocycles. The van der Waals surface area contributed by atoms with Crippen molar-refractivity contribution in [1.29, 1.82) is 0 Å². The fraction of sp³-hybridized carbons (Fsp3) is 0.429. The highest BCUT2D eigenvalue weighted by atomic mass is 19.1. The summed E-state index contributed by atoms with van der Waals surface area (Å²) in [5.41, 5.74) is 2.65. The molecule has 0 aromatic heterocycles. The highest BCUT2D eigenvalue weighted by Crippen LogP contribution is 2.40. The smallest absolute Gasteiger partial charge is 0.134 e. The summed E-state index contributed by atoms with van der Waals surface area (Å²) in [6, 6.07) is 15.8. The maximum atomic E-state index is 15.0. The molecule has 0 amide bonds. The van der Waals surface area contributed by atoms with Gasteiger partial charge in [0, 0.05) is 5.56 Å². The van der Waals surface area contributed by atoms with E-state index < -0.39 is 0 Å². The van der Waals surface area contributed by atoms with Gasteiger partial charge in [-0.05, 0) is 48.6 Å². The largest absolute Gasteiger partial charge is 0.206 e. The molecule has 0 aliphatic heterocycles. The highest BCUT2D eigenvalue weighted by molar-refractivity contribution is 5.65. The average molecular weight is 296 g/mol. The summed E-state index contributed by atoms with van der Waals surface area (Å²) in [7, 11) is 0. The molecule has 2 aromatic carbocycles. The predicted molar refractivity (Wildman–Crippen MR) is 91.4 cm³/mol. The fourth-order valence-corrected chi connectivity index (χ4v) is 3.88. The van der Waals surface area contributed by atoms with E-state index in [9.17, 15) is 4.39 Å². The number of hydrogen-bond donors (Lipinski definition) is 0. The minimum atomic E-state index is -0.00681. The Hall–Kier alpha value is -1.63. The summed E-state index contributed by atoms with van der Waals surface area (Å²) < 4.78 is 15.0. The lowest BCUT2D eigenvalue weighted by Gasteiger charge is -2.29. The molecular formula is C21H25F. The third-order valence-corrected chi connectivity index (χ3v) is 5.10. The van der Waals surface area contributed by atoms with E-state index in [-0.39, 0.29) is 5.82 Å². The van der Waals surface area contributed by atoms with Crippen LogP contribution in [0.1, 0.15) is 56.9 Å². The number of hydrogen-bond acceptors (Lipinski definition) is 0. The maximum Gasteiger partial charge on any atom is 0.134 e. The van der Waals surface area contributed by atoms with E-state index in [2.05, 4.69) is 6.92 Å². The van der Waals surface area contributed by atoms with Crippen molar-refractivity contribution >= 4 is 0 Å². The molecule has 1 aliphatic rings. The first-order valence-electron chi connectivity index (χ1n) is 8.63. The zero-order valence-corrected chi connectivity index (χ0v) is 13.4. The van der Waals surface area contributed by atoms with E-state index in [1.54, 1.807) is 0 Å². The Morgan fingerprint density at radius 2 is 1.64 bits per heavy atom. The molecule has 0 atom stereocenters. The van der Waals surface area contributed by atoms with Crippen molar-refractivity contribution in [2.24, 2.45) is 5.92 Å². The Bertz CT molecular complexity index is 595. The first-order valence-corrected chi connectivity index (χ1v) is 8.63. The highest BCUT2D eigenvalue weighted by Gasteiger charge is 2.24. The van der Waals surface area contributed by atoms with Crippen LogP contribution >= 0.6 is 0 Å². The normalized spacial score (nSPS) is 21.7. The molecule has 0 saturated heterocycles. The quantitative estimate of drug-likeness (QED) is 0.598. The molecule has 0 unspecified atom stereocenters. The lowest BCUT2D eigenvalue weighted by Crippen LogP contribution is -2.14. The monoisotopic (exact) mass is 296 g/mol. The van der Waals surface area contributed by atoms with Crippen LogP contribution in [0.4, 0.5) is 4.39 Å². The van der Waals surface area contributed by atoms with Crippen LogP contribution in [-0.4, -0.2) is 0 Å². The number of benzene rings is 2. The van der Waals surface area contributed by atoms with Gasteiger partial charge in [-0.25, -0.2) is 4.39 Å². The van der Waals surface area contributed by atoms with Crippen LogP contribution in [0.2, 0.25) is 0 Å². The molecule has 0 heterocycles. The minimum Gasteiger partial charge on any atom is -0.206 e. The molecule has 0 N–H and O–H groups in total. The lowest BCUT2D eigenvalue weighted by atomic mass is 9.76. The molecule has 22 heavy (non-hydrogen) atoms. The Morgan fingerprint density at radius 3 is 2.32 bits per heavy atom. The van der Waals surface area contributed by atoms with Crippen LogP contribution in [0.25, 0.3) is 11.1 Å². The fourth-order valence-electron chi connectivity index (χ4n) is 3.88. The van der Waals surface area contributed by atoms with Crippen LogP contribution < -0.4 is 0 Å². The molecule has 1 heteroatoms. The Balaban J connectivity index is 1.81. The lowest BCUT2D eigenvalue weighted by molar-refractivity contribution is 0.304. The molecule has 116 valence electrons. The Labute approximate surface area is 133 Å². The van der Waals surface area contributed by atoms with Gasteiger partial charge in [-0.3, -0.25) is 0 Å². The topological polar surface area (TPSA) is 0 Å². The number of halogens is 1. The summed E-state index contributed by atoms with van der Waals surface area (Å²) in [4.78, 5) is 0. The van der Waals surface area contributed by atoms with Crippen molar-refractivity contribution in [3.05, 3.63) is 59.9 Å². The van der Waals surface area contributed by atoms with Gasteiger partial charge >= 0.3 is 0 Å². The van der Waals surface area contributed by atoms with Crippen molar-refractivity contribution < 1.29 is 4.39 Å². The summed E-state index contributed by atoms with van der Waals surface area (Å²) in [6.45, 7) is 2.26. The molecular weight excluding hydrogens is 271 g/mol. The van der Waals surface area contributed by atoms with Gasteiger partial charge in [0.05, 0.1) is 0 Å². The van der Waals surface area contributed by atoms with Crippen molar-refractivity contribution in [2.45, 2.75) is 51.4 Å². The number of rotatable bonds is 4. The molecule has 2 aromatic rings. The second-order valence-electron chi connectivity index (χ2n) is 6.58. The summed E-state index contributed by atoms with van der Waals surface area (Å²) in [6.07, 6.45) is 7.40. The molecule has 0 bridgehead atoms. The SMILES string of the molecule is CCCC1CCC(c2cccc(-c3ccccc3)c2F)CC1. The van der Waals surface area contributed by atoms with Gasteiger partial charge < -0.3 is 0 Å². The third-order valence-electron chi connectivity index (χ3n) is 5.10. The molecule has 0 radical (unpaired) electrons. The van der Waals surface area contributed by atoms with E-state index in [4.69, 9.17) is 0 Å². The van der Waals surface area contributed by atoms with Crippen molar-refractivity contribution in [1.82, 2.24) is 0 Å². The standard InChI is InChI=1S/C21H25F/c1-2-7-16-12-14-18(15-13-16)20-11-6-10-19(21(20)22)17-8-4-3-5-9-17/h3-6,8-11,16,18H,2,7,12-15H2,1H3. The molecule has 3 rings (SSSR count). The Kier molecular flexibility index (Phi) is 4.92. The zero-order valence-electron chi connectivity index (χ0n) is 13.4. The van der Waals surface area contributed by atoms with Crippen molar-refractivity contribution in [3.63, 3.8) is 0 Å². The maximum absolute atomic E-state index is 15.0. The van der Waals surface area contributed by atoms with Crippen molar-refractivity contribution in [3.8, 4) is 11.1 Å². The van der Waals surface area contributed by atoms with E-state index in [0.29, 0.717) is 5.92 Å². The average Bonchev–Trinajstić information content (AvgIpc) is 2.57. The summed E-state index contributed by atoms with van der Waals surface area (Å²) in [5, 5.41) is 0. The van der Waals surface area contributed by atoms with Crippen LogP contribution in [-0.2, 0) is 0 Å². The molecule has 1 aliphatic carbocycles. The molecule has 1 fully saturated rings. The Morgan fingerprint density at radius 1 is 0.909 bits per heavy atom. The summed E-state index contributed by atoms with van der Waals surface area (Å²) >= 11 is 0. The van der Waals surface area contributed by atoms with Gasteiger partial charge in [-0.1, -0.05) is 68.3 Å². The van der Waals surface area contributed by atoms with Gasteiger partial charge in [0.25, 0.3) is 0 Å². The van der Waals surface area contributed by atoms with Gasteiger partial charge in [0.1, 0.15) is 5.82 Å². The molecule has 0 nitrogen and oxygen atoms in total. The van der Waals surface area contributed by atoms with E-state index >= 15 is 0 Å². The van der Waals surface area contributed by atoms with E-state index in [0.717, 1.165) is 35.4 Å². The van der Waals surface area contributed by atoms with Crippen LogP contribution in [0.3, 0.4) is 0 Å². The second kappa shape index (κ2) is 7.09. The van der Waals surface area contributed by atoms with Crippen molar-refractivity contribution in [2.75, 3.05) is 0 Å². The summed E-state index contributed by atoms with van der Waals surface area (Å²) in [5.74, 6) is 1.26. The first kappa shape index (κ1) is 15.3. The van der Waals surface area contributed by atoms with Gasteiger partial charge in [-0.2, -0.15) is 0 Å². The third kappa shape index (κ3) is 3.24. The van der Waals surface area contributed by atoms with Crippen LogP contribution in [0.15, 0.2) is 48.5 Å². The van der Waals surface area contributed by atoms with E-state index in [1.165, 1.54) is 25.7 Å². The predicted octanol–water partition coefficient (Wildman–Crippen LogP) is 6.57.